The van der Waals surface area contributed by atoms with Gasteiger partial charge in [0.05, 0.1) is 12.2 Å². The molecule has 0 aliphatic heterocycles. The van der Waals surface area contributed by atoms with Crippen LogP contribution in [-0.4, -0.2) is 35.3 Å². The van der Waals surface area contributed by atoms with Gasteiger partial charge in [-0.25, -0.2) is 9.97 Å². The highest BCUT2D eigenvalue weighted by atomic mass is 32.2. The van der Waals surface area contributed by atoms with E-state index in [1.807, 2.05) is 18.5 Å². The third-order valence-electron chi connectivity index (χ3n) is 2.95. The van der Waals surface area contributed by atoms with E-state index in [4.69, 9.17) is 0 Å². The van der Waals surface area contributed by atoms with Crippen molar-refractivity contribution in [2.75, 3.05) is 19.3 Å². The smallest absolute Gasteiger partial charge is 0.191 e. The van der Waals surface area contributed by atoms with Crippen LogP contribution in [0.25, 0.3) is 0 Å². The van der Waals surface area contributed by atoms with E-state index in [1.54, 1.807) is 41.5 Å². The van der Waals surface area contributed by atoms with Crippen LogP contribution in [0, 0.1) is 13.8 Å². The third-order valence-corrected chi connectivity index (χ3v) is 6.08. The summed E-state index contributed by atoms with van der Waals surface area (Å²) >= 11 is 5.22. The number of nitrogens with one attached hydrogen (secondary N) is 2. The Labute approximate surface area is 143 Å². The van der Waals surface area contributed by atoms with Gasteiger partial charge in [0.1, 0.15) is 9.35 Å². The molecule has 5 nitrogen and oxygen atoms in total. The first-order valence-electron chi connectivity index (χ1n) is 7.08. The summed E-state index contributed by atoms with van der Waals surface area (Å²) in [5.41, 5.74) is 1.11. The number of nitrogens with zero attached hydrogens (tertiary/aromatic N) is 3. The second-order valence-corrected chi connectivity index (χ2v) is 8.13. The molecular weight excluding hydrogens is 334 g/mol. The standard InChI is InChI=1S/C14H21N5S3/c1-10-11(2)22-12(19-10)9-18-13(15-3)16-5-4-7-20-14-17-6-8-21-14/h6,8H,4-5,7,9H2,1-3H3,(H2,15,16,18). The van der Waals surface area contributed by atoms with Crippen LogP contribution in [0.3, 0.4) is 0 Å². The van der Waals surface area contributed by atoms with Crippen molar-refractivity contribution in [1.82, 2.24) is 20.6 Å². The van der Waals surface area contributed by atoms with Gasteiger partial charge in [0.25, 0.3) is 0 Å². The summed E-state index contributed by atoms with van der Waals surface area (Å²) in [5.74, 6) is 1.88. The molecule has 0 unspecified atom stereocenters. The number of aliphatic imine (C=N–C) groups is 1. The largest absolute Gasteiger partial charge is 0.356 e. The molecule has 2 aromatic heterocycles. The molecule has 0 radical (unpaired) electrons. The van der Waals surface area contributed by atoms with E-state index in [1.165, 1.54) is 4.88 Å². The first-order chi connectivity index (χ1) is 10.7. The van der Waals surface area contributed by atoms with Crippen molar-refractivity contribution >= 4 is 40.4 Å². The molecule has 2 rings (SSSR count). The quantitative estimate of drug-likeness (QED) is 0.346. The molecule has 0 aliphatic rings. The minimum absolute atomic E-state index is 0.715. The number of guanidine groups is 1. The fourth-order valence-corrected chi connectivity index (χ4v) is 4.24. The average molecular weight is 356 g/mol. The molecule has 0 saturated carbocycles. The average Bonchev–Trinajstić information content (AvgIpc) is 3.12. The Kier molecular flexibility index (Phi) is 7.14. The zero-order chi connectivity index (χ0) is 15.8. The lowest BCUT2D eigenvalue weighted by atomic mass is 10.4. The Bertz CT molecular complexity index is 572. The van der Waals surface area contributed by atoms with Crippen molar-refractivity contribution in [3.8, 4) is 0 Å². The van der Waals surface area contributed by atoms with E-state index in [2.05, 4.69) is 32.5 Å². The number of thiazole rings is 2. The molecule has 120 valence electrons. The highest BCUT2D eigenvalue weighted by molar-refractivity contribution is 8.00. The molecule has 2 N–H and O–H groups in total. The monoisotopic (exact) mass is 355 g/mol. The van der Waals surface area contributed by atoms with Crippen LogP contribution in [0.1, 0.15) is 22.0 Å². The molecule has 0 fully saturated rings. The van der Waals surface area contributed by atoms with Gasteiger partial charge in [-0.2, -0.15) is 0 Å². The Morgan fingerprint density at radius 2 is 2.23 bits per heavy atom. The van der Waals surface area contributed by atoms with Crippen LogP contribution in [0.5, 0.6) is 0 Å². The second-order valence-electron chi connectivity index (χ2n) is 4.60. The van der Waals surface area contributed by atoms with Gasteiger partial charge in [-0.05, 0) is 20.3 Å². The van der Waals surface area contributed by atoms with Crippen molar-refractivity contribution in [2.24, 2.45) is 4.99 Å². The van der Waals surface area contributed by atoms with E-state index < -0.39 is 0 Å². The topological polar surface area (TPSA) is 62.2 Å². The summed E-state index contributed by atoms with van der Waals surface area (Å²) in [4.78, 5) is 14.3. The molecule has 0 saturated heterocycles. The molecule has 22 heavy (non-hydrogen) atoms. The first kappa shape index (κ1) is 17.2. The Morgan fingerprint density at radius 3 is 2.86 bits per heavy atom. The number of aryl methyl sites for hydroxylation is 2. The van der Waals surface area contributed by atoms with E-state index >= 15 is 0 Å². The Balaban J connectivity index is 1.62. The van der Waals surface area contributed by atoms with Crippen molar-refractivity contribution in [3.63, 3.8) is 0 Å². The van der Waals surface area contributed by atoms with Gasteiger partial charge >= 0.3 is 0 Å². The van der Waals surface area contributed by atoms with Gasteiger partial charge in [0, 0.05) is 35.8 Å². The fourth-order valence-electron chi connectivity index (χ4n) is 1.71. The molecule has 0 aliphatic carbocycles. The number of aromatic nitrogens is 2. The summed E-state index contributed by atoms with van der Waals surface area (Å²) in [6, 6.07) is 0. The highest BCUT2D eigenvalue weighted by Crippen LogP contribution is 2.20. The molecule has 0 spiro atoms. The molecule has 0 aromatic carbocycles. The molecule has 8 heteroatoms. The molecule has 0 amide bonds. The van der Waals surface area contributed by atoms with Crippen LogP contribution >= 0.6 is 34.4 Å². The molecule has 2 heterocycles. The zero-order valence-corrected chi connectivity index (χ0v) is 15.5. The van der Waals surface area contributed by atoms with E-state index in [9.17, 15) is 0 Å². The predicted molar refractivity (Wildman–Crippen MR) is 97.2 cm³/mol. The van der Waals surface area contributed by atoms with Crippen LogP contribution in [0.15, 0.2) is 20.9 Å². The van der Waals surface area contributed by atoms with E-state index in [-0.39, 0.29) is 0 Å². The summed E-state index contributed by atoms with van der Waals surface area (Å²) < 4.78 is 1.14. The van der Waals surface area contributed by atoms with Gasteiger partial charge in [0.2, 0.25) is 0 Å². The lowest BCUT2D eigenvalue weighted by molar-refractivity contribution is 0.782. The predicted octanol–water partition coefficient (Wildman–Crippen LogP) is 3.06. The summed E-state index contributed by atoms with van der Waals surface area (Å²) in [5, 5.41) is 9.73. The van der Waals surface area contributed by atoms with Crippen molar-refractivity contribution < 1.29 is 0 Å². The van der Waals surface area contributed by atoms with Crippen molar-refractivity contribution in [2.45, 2.75) is 31.2 Å². The van der Waals surface area contributed by atoms with Gasteiger partial charge in [-0.3, -0.25) is 4.99 Å². The highest BCUT2D eigenvalue weighted by Gasteiger charge is 2.04. The lowest BCUT2D eigenvalue weighted by Gasteiger charge is -2.10. The van der Waals surface area contributed by atoms with Crippen LogP contribution in [0.4, 0.5) is 0 Å². The zero-order valence-electron chi connectivity index (χ0n) is 13.0. The third kappa shape index (κ3) is 5.58. The SMILES string of the molecule is CN=C(NCCCSc1nccs1)NCc1nc(C)c(C)s1. The number of rotatable bonds is 7. The van der Waals surface area contributed by atoms with Gasteiger partial charge in [-0.15, -0.1) is 22.7 Å². The van der Waals surface area contributed by atoms with Crippen LogP contribution < -0.4 is 10.6 Å². The maximum atomic E-state index is 4.52. The van der Waals surface area contributed by atoms with Crippen LogP contribution in [-0.2, 0) is 6.54 Å². The number of hydrogen-bond acceptors (Lipinski definition) is 6. The molecule has 2 aromatic rings. The molecule has 0 bridgehead atoms. The van der Waals surface area contributed by atoms with Crippen molar-refractivity contribution in [1.29, 1.82) is 0 Å². The minimum atomic E-state index is 0.715. The van der Waals surface area contributed by atoms with Gasteiger partial charge in [-0.1, -0.05) is 11.8 Å². The maximum absolute atomic E-state index is 4.52. The number of thioether (sulfide) groups is 1. The lowest BCUT2D eigenvalue weighted by Crippen LogP contribution is -2.37. The summed E-state index contributed by atoms with van der Waals surface area (Å²) in [6.45, 7) is 5.76. The van der Waals surface area contributed by atoms with Crippen molar-refractivity contribution in [3.05, 3.63) is 27.2 Å². The minimum Gasteiger partial charge on any atom is -0.356 e. The second kappa shape index (κ2) is 9.12. The summed E-state index contributed by atoms with van der Waals surface area (Å²) in [7, 11) is 1.79. The first-order valence-corrected chi connectivity index (χ1v) is 9.77. The fraction of sp³-hybridized carbons (Fsp3) is 0.500. The molecule has 0 atom stereocenters. The molecular formula is C14H21N5S3. The number of hydrogen-bond donors (Lipinski definition) is 2. The Hall–Kier alpha value is -1.12. The Morgan fingerprint density at radius 1 is 1.36 bits per heavy atom. The normalized spacial score (nSPS) is 11.7. The van der Waals surface area contributed by atoms with E-state index in [0.29, 0.717) is 6.54 Å². The van der Waals surface area contributed by atoms with Gasteiger partial charge < -0.3 is 10.6 Å². The van der Waals surface area contributed by atoms with Crippen LogP contribution in [0.2, 0.25) is 0 Å². The van der Waals surface area contributed by atoms with Gasteiger partial charge in [0.15, 0.2) is 5.96 Å². The maximum Gasteiger partial charge on any atom is 0.191 e. The van der Waals surface area contributed by atoms with E-state index in [0.717, 1.165) is 39.7 Å². The summed E-state index contributed by atoms with van der Waals surface area (Å²) in [6.07, 6.45) is 2.92.